The molecule has 32 heavy (non-hydrogen) atoms. The number of hydrogen-bond acceptors (Lipinski definition) is 3. The maximum Gasteiger partial charge on any atom is 0.416 e. The zero-order chi connectivity index (χ0) is 23.0. The Bertz CT molecular complexity index is 1370. The summed E-state index contributed by atoms with van der Waals surface area (Å²) in [6, 6.07) is 9.36. The van der Waals surface area contributed by atoms with Gasteiger partial charge < -0.3 is 5.32 Å². The largest absolute Gasteiger partial charge is 0.416 e. The predicted molar refractivity (Wildman–Crippen MR) is 117 cm³/mol. The number of nitrogens with zero attached hydrogens (tertiary/aromatic N) is 3. The number of halogens is 4. The Balaban J connectivity index is 1.90. The normalized spacial score (nSPS) is 11.9. The average molecular weight is 463 g/mol. The Kier molecular flexibility index (Phi) is 5.68. The van der Waals surface area contributed by atoms with Gasteiger partial charge in [0, 0.05) is 42.3 Å². The van der Waals surface area contributed by atoms with Crippen LogP contribution in [0.2, 0.25) is 0 Å². The van der Waals surface area contributed by atoms with Crippen molar-refractivity contribution in [3.63, 3.8) is 0 Å². The molecule has 0 spiro atoms. The number of pyridine rings is 1. The van der Waals surface area contributed by atoms with Crippen molar-refractivity contribution in [2.45, 2.75) is 19.0 Å². The number of alkyl halides is 4. The lowest BCUT2D eigenvalue weighted by molar-refractivity contribution is -0.137. The van der Waals surface area contributed by atoms with E-state index in [1.54, 1.807) is 31.4 Å². The fraction of sp³-hybridized carbons (Fsp3) is 0.227. The van der Waals surface area contributed by atoms with E-state index in [1.807, 2.05) is 0 Å². The molecule has 6 nitrogen and oxygen atoms in total. The lowest BCUT2D eigenvalue weighted by atomic mass is 10.1. The Hall–Kier alpha value is -3.33. The molecule has 2 heterocycles. The molecule has 10 heteroatoms. The number of fused-ring (bicyclic) bond motifs is 3. The number of anilines is 1. The van der Waals surface area contributed by atoms with Crippen LogP contribution in [0, 0.1) is 0 Å². The summed E-state index contributed by atoms with van der Waals surface area (Å²) in [5, 5.41) is 8.06. The first-order valence-electron chi connectivity index (χ1n) is 9.74. The van der Waals surface area contributed by atoms with Gasteiger partial charge in [0.2, 0.25) is 5.91 Å². The van der Waals surface area contributed by atoms with Gasteiger partial charge in [0.05, 0.1) is 16.5 Å². The van der Waals surface area contributed by atoms with Gasteiger partial charge in [-0.1, -0.05) is 0 Å². The van der Waals surface area contributed by atoms with Crippen LogP contribution in [0.5, 0.6) is 0 Å². The van der Waals surface area contributed by atoms with E-state index < -0.39 is 17.3 Å². The van der Waals surface area contributed by atoms with Crippen LogP contribution in [0.15, 0.2) is 53.5 Å². The van der Waals surface area contributed by atoms with Crippen LogP contribution in [0.25, 0.3) is 27.5 Å². The number of aromatic nitrogens is 3. The number of benzene rings is 2. The van der Waals surface area contributed by atoms with Gasteiger partial charge >= 0.3 is 6.18 Å². The van der Waals surface area contributed by atoms with Crippen LogP contribution < -0.4 is 10.9 Å². The number of carbonyl (C=O) groups is 1. The maximum atomic E-state index is 13.2. The summed E-state index contributed by atoms with van der Waals surface area (Å²) in [5.41, 5.74) is 0.494. The van der Waals surface area contributed by atoms with Crippen molar-refractivity contribution in [3.8, 4) is 5.69 Å². The first kappa shape index (κ1) is 21.9. The number of rotatable bonds is 5. The Morgan fingerprint density at radius 3 is 2.50 bits per heavy atom. The number of carbonyl (C=O) groups excluding carboxylic acids is 1. The molecule has 0 bridgehead atoms. The van der Waals surface area contributed by atoms with Crippen molar-refractivity contribution in [2.24, 2.45) is 7.05 Å². The molecule has 0 saturated carbocycles. The molecule has 2 aromatic heterocycles. The summed E-state index contributed by atoms with van der Waals surface area (Å²) in [6.07, 6.45) is -2.11. The quantitative estimate of drug-likeness (QED) is 0.431. The molecule has 2 aromatic carbocycles. The predicted octanol–water partition coefficient (Wildman–Crippen LogP) is 4.85. The lowest BCUT2D eigenvalue weighted by Gasteiger charge is -2.14. The molecule has 4 rings (SSSR count). The number of aryl methyl sites for hydroxylation is 1. The molecule has 1 N–H and O–H groups in total. The SMILES string of the molecule is Cn1cc2c(=O)n(-c3ccc(C(F)(F)F)cc3)c3ccc(NC(=O)CCCCl)cc3c2n1. The van der Waals surface area contributed by atoms with Crippen LogP contribution in [0.1, 0.15) is 18.4 Å². The first-order valence-corrected chi connectivity index (χ1v) is 10.3. The van der Waals surface area contributed by atoms with Crippen LogP contribution in [0.3, 0.4) is 0 Å². The molecule has 0 atom stereocenters. The number of nitrogens with one attached hydrogen (secondary N) is 1. The topological polar surface area (TPSA) is 68.9 Å². The fourth-order valence-corrected chi connectivity index (χ4v) is 3.71. The lowest BCUT2D eigenvalue weighted by Crippen LogP contribution is -2.19. The highest BCUT2D eigenvalue weighted by Crippen LogP contribution is 2.31. The average Bonchev–Trinajstić information content (AvgIpc) is 3.15. The summed E-state index contributed by atoms with van der Waals surface area (Å²) < 4.78 is 41.8. The maximum absolute atomic E-state index is 13.2. The summed E-state index contributed by atoms with van der Waals surface area (Å²) in [4.78, 5) is 25.3. The van der Waals surface area contributed by atoms with E-state index in [9.17, 15) is 22.8 Å². The van der Waals surface area contributed by atoms with Gasteiger partial charge in [-0.05, 0) is 48.9 Å². The van der Waals surface area contributed by atoms with E-state index in [1.165, 1.54) is 21.4 Å². The second kappa shape index (κ2) is 8.31. The van der Waals surface area contributed by atoms with Gasteiger partial charge in [0.25, 0.3) is 5.56 Å². The Labute approximate surface area is 185 Å². The summed E-state index contributed by atoms with van der Waals surface area (Å²) >= 11 is 5.63. The van der Waals surface area contributed by atoms with E-state index in [4.69, 9.17) is 11.6 Å². The third-order valence-electron chi connectivity index (χ3n) is 5.03. The Morgan fingerprint density at radius 2 is 1.84 bits per heavy atom. The van der Waals surface area contributed by atoms with Crippen LogP contribution in [-0.4, -0.2) is 26.1 Å². The molecular weight excluding hydrogens is 445 g/mol. The number of hydrogen-bond donors (Lipinski definition) is 1. The molecule has 0 fully saturated rings. The monoisotopic (exact) mass is 462 g/mol. The highest BCUT2D eigenvalue weighted by atomic mass is 35.5. The summed E-state index contributed by atoms with van der Waals surface area (Å²) in [5.74, 6) is 0.178. The fourth-order valence-electron chi connectivity index (χ4n) is 3.58. The molecule has 4 aromatic rings. The van der Waals surface area contributed by atoms with Crippen molar-refractivity contribution in [1.29, 1.82) is 0 Å². The molecular formula is C22H18ClF3N4O2. The smallest absolute Gasteiger partial charge is 0.326 e. The molecule has 0 saturated heterocycles. The third kappa shape index (κ3) is 4.08. The second-order valence-electron chi connectivity index (χ2n) is 7.32. The standard InChI is InChI=1S/C22H18ClF3N4O2/c1-29-12-17-20(28-29)16-11-14(27-19(31)3-2-10-23)6-9-18(16)30(21(17)32)15-7-4-13(5-8-15)22(24,25)26/h4-9,11-12H,2-3,10H2,1H3,(H,27,31). The highest BCUT2D eigenvalue weighted by molar-refractivity contribution is 6.18. The minimum Gasteiger partial charge on any atom is -0.326 e. The van der Waals surface area contributed by atoms with E-state index in [0.717, 1.165) is 12.1 Å². The molecule has 0 aliphatic rings. The third-order valence-corrected chi connectivity index (χ3v) is 5.30. The summed E-state index contributed by atoms with van der Waals surface area (Å²) in [6.45, 7) is 0. The van der Waals surface area contributed by atoms with E-state index in [0.29, 0.717) is 39.8 Å². The molecule has 0 unspecified atom stereocenters. The van der Waals surface area contributed by atoms with Crippen LogP contribution in [0.4, 0.5) is 18.9 Å². The van der Waals surface area contributed by atoms with Gasteiger partial charge in [-0.3, -0.25) is 18.8 Å². The minimum absolute atomic E-state index is 0.196. The molecule has 1 amide bonds. The second-order valence-corrected chi connectivity index (χ2v) is 7.70. The van der Waals surface area contributed by atoms with Gasteiger partial charge in [0.1, 0.15) is 5.52 Å². The van der Waals surface area contributed by atoms with Crippen molar-refractivity contribution in [2.75, 3.05) is 11.2 Å². The van der Waals surface area contributed by atoms with E-state index in [2.05, 4.69) is 10.4 Å². The van der Waals surface area contributed by atoms with Crippen molar-refractivity contribution >= 4 is 45.0 Å². The Morgan fingerprint density at radius 1 is 1.12 bits per heavy atom. The van der Waals surface area contributed by atoms with Crippen LogP contribution >= 0.6 is 11.6 Å². The van der Waals surface area contributed by atoms with Crippen molar-refractivity contribution in [1.82, 2.24) is 14.3 Å². The van der Waals surface area contributed by atoms with Gasteiger partial charge in [0.15, 0.2) is 0 Å². The van der Waals surface area contributed by atoms with Gasteiger partial charge in [-0.25, -0.2) is 0 Å². The zero-order valence-electron chi connectivity index (χ0n) is 16.9. The summed E-state index contributed by atoms with van der Waals surface area (Å²) in [7, 11) is 1.67. The van der Waals surface area contributed by atoms with Gasteiger partial charge in [-0.15, -0.1) is 11.6 Å². The number of amides is 1. The van der Waals surface area contributed by atoms with E-state index >= 15 is 0 Å². The van der Waals surface area contributed by atoms with Crippen molar-refractivity contribution < 1.29 is 18.0 Å². The van der Waals surface area contributed by atoms with Crippen LogP contribution in [-0.2, 0) is 18.0 Å². The van der Waals surface area contributed by atoms with E-state index in [-0.39, 0.29) is 18.0 Å². The highest BCUT2D eigenvalue weighted by Gasteiger charge is 2.30. The zero-order valence-corrected chi connectivity index (χ0v) is 17.7. The first-order chi connectivity index (χ1) is 15.2. The molecule has 0 radical (unpaired) electrons. The molecule has 0 aliphatic heterocycles. The van der Waals surface area contributed by atoms with Gasteiger partial charge in [-0.2, -0.15) is 18.3 Å². The molecule has 0 aliphatic carbocycles. The van der Waals surface area contributed by atoms with Crippen molar-refractivity contribution in [3.05, 3.63) is 64.6 Å². The molecule has 166 valence electrons. The minimum atomic E-state index is -4.48.